The van der Waals surface area contributed by atoms with Gasteiger partial charge in [0.25, 0.3) is 0 Å². The largest absolute Gasteiger partial charge is 0.480 e. The number of carbonyl (C=O) groups is 3. The Morgan fingerprint density at radius 2 is 1.60 bits per heavy atom. The Balaban J connectivity index is 1.28. The second-order valence-electron chi connectivity index (χ2n) is 10.1. The average molecular weight is 479 g/mol. The summed E-state index contributed by atoms with van der Waals surface area (Å²) in [7, 11) is 0. The van der Waals surface area contributed by atoms with Gasteiger partial charge in [0.1, 0.15) is 12.6 Å². The van der Waals surface area contributed by atoms with Gasteiger partial charge in [-0.25, -0.2) is 9.59 Å². The van der Waals surface area contributed by atoms with Gasteiger partial charge < -0.3 is 20.5 Å². The standard InChI is InChI=1S/C28H34N2O5/c1-17(2)19(14-26(31)30-25(27(32)33)13-18-11-12-18)15-29-28(34)35-16-24-22-9-5-3-7-20(22)21-8-4-6-10-23(21)24/h3-10,17-19,24-25H,11-16H2,1-2H3,(H,29,34)(H,30,31)(H,32,33). The van der Waals surface area contributed by atoms with Gasteiger partial charge in [0.05, 0.1) is 0 Å². The van der Waals surface area contributed by atoms with E-state index in [1.807, 2.05) is 38.1 Å². The molecule has 4 rings (SSSR count). The Morgan fingerprint density at radius 1 is 1.00 bits per heavy atom. The van der Waals surface area contributed by atoms with Crippen LogP contribution < -0.4 is 10.6 Å². The maximum atomic E-state index is 12.5. The summed E-state index contributed by atoms with van der Waals surface area (Å²) < 4.78 is 5.59. The lowest BCUT2D eigenvalue weighted by molar-refractivity contribution is -0.142. The zero-order valence-corrected chi connectivity index (χ0v) is 20.3. The molecule has 0 heterocycles. The molecule has 2 unspecified atom stereocenters. The number of carbonyl (C=O) groups excluding carboxylic acids is 2. The summed E-state index contributed by atoms with van der Waals surface area (Å²) in [5, 5.41) is 14.9. The lowest BCUT2D eigenvalue weighted by Gasteiger charge is -2.22. The van der Waals surface area contributed by atoms with Crippen molar-refractivity contribution in [2.45, 2.75) is 51.5 Å². The number of carboxylic acids is 1. The summed E-state index contributed by atoms with van der Waals surface area (Å²) in [6.45, 7) is 4.47. The van der Waals surface area contributed by atoms with Crippen molar-refractivity contribution in [1.29, 1.82) is 0 Å². The predicted octanol–water partition coefficient (Wildman–Crippen LogP) is 4.56. The van der Waals surface area contributed by atoms with Gasteiger partial charge in [-0.2, -0.15) is 0 Å². The molecule has 1 fully saturated rings. The van der Waals surface area contributed by atoms with Crippen molar-refractivity contribution < 1.29 is 24.2 Å². The molecular weight excluding hydrogens is 444 g/mol. The van der Waals surface area contributed by atoms with Gasteiger partial charge in [0.2, 0.25) is 5.91 Å². The van der Waals surface area contributed by atoms with E-state index in [2.05, 4.69) is 34.9 Å². The number of amides is 2. The third-order valence-corrected chi connectivity index (χ3v) is 7.14. The molecule has 1 saturated carbocycles. The van der Waals surface area contributed by atoms with Crippen molar-refractivity contribution in [2.75, 3.05) is 13.2 Å². The number of nitrogens with one attached hydrogen (secondary N) is 2. The lowest BCUT2D eigenvalue weighted by atomic mass is 9.92. The number of rotatable bonds is 11. The number of fused-ring (bicyclic) bond motifs is 3. The van der Waals surface area contributed by atoms with E-state index in [-0.39, 0.29) is 43.2 Å². The maximum absolute atomic E-state index is 12.5. The van der Waals surface area contributed by atoms with Crippen molar-refractivity contribution in [1.82, 2.24) is 10.6 Å². The van der Waals surface area contributed by atoms with Gasteiger partial charge in [-0.05, 0) is 46.4 Å². The fourth-order valence-electron chi connectivity index (χ4n) is 4.81. The Bertz CT molecular complexity index is 1030. The third kappa shape index (κ3) is 6.21. The minimum Gasteiger partial charge on any atom is -0.480 e. The molecule has 3 N–H and O–H groups in total. The van der Waals surface area contributed by atoms with Crippen LogP contribution in [0.25, 0.3) is 11.1 Å². The minimum absolute atomic E-state index is 0.0146. The Hall–Kier alpha value is -3.35. The fourth-order valence-corrected chi connectivity index (χ4v) is 4.81. The highest BCUT2D eigenvalue weighted by Gasteiger charge is 2.31. The first kappa shape index (κ1) is 24.8. The van der Waals surface area contributed by atoms with Crippen LogP contribution in [0.3, 0.4) is 0 Å². The molecule has 2 aliphatic carbocycles. The average Bonchev–Trinajstić information content (AvgIpc) is 3.60. The quantitative estimate of drug-likeness (QED) is 0.439. The summed E-state index contributed by atoms with van der Waals surface area (Å²) in [5.41, 5.74) is 4.64. The summed E-state index contributed by atoms with van der Waals surface area (Å²) in [5.74, 6) is -0.923. The molecule has 0 saturated heterocycles. The first-order valence-electron chi connectivity index (χ1n) is 12.4. The van der Waals surface area contributed by atoms with Crippen LogP contribution in [0.2, 0.25) is 0 Å². The number of carboxylic acid groups (broad SMARTS) is 1. The normalized spacial score (nSPS) is 16.2. The van der Waals surface area contributed by atoms with Crippen LogP contribution in [-0.2, 0) is 14.3 Å². The van der Waals surface area contributed by atoms with Gasteiger partial charge >= 0.3 is 12.1 Å². The Labute approximate surface area is 206 Å². The topological polar surface area (TPSA) is 105 Å². The van der Waals surface area contributed by atoms with E-state index in [0.29, 0.717) is 12.3 Å². The van der Waals surface area contributed by atoms with Gasteiger partial charge in [-0.15, -0.1) is 0 Å². The summed E-state index contributed by atoms with van der Waals surface area (Å²) >= 11 is 0. The second-order valence-corrected chi connectivity index (χ2v) is 10.1. The van der Waals surface area contributed by atoms with E-state index in [9.17, 15) is 19.5 Å². The molecule has 0 radical (unpaired) electrons. The van der Waals surface area contributed by atoms with E-state index < -0.39 is 18.1 Å². The van der Waals surface area contributed by atoms with Crippen LogP contribution in [0.1, 0.15) is 56.6 Å². The van der Waals surface area contributed by atoms with E-state index in [0.717, 1.165) is 24.0 Å². The molecule has 0 aromatic heterocycles. The van der Waals surface area contributed by atoms with Crippen molar-refractivity contribution in [3.8, 4) is 11.1 Å². The van der Waals surface area contributed by atoms with E-state index in [4.69, 9.17) is 4.74 Å². The molecule has 7 nitrogen and oxygen atoms in total. The van der Waals surface area contributed by atoms with Gasteiger partial charge in [-0.1, -0.05) is 75.2 Å². The Morgan fingerprint density at radius 3 is 2.14 bits per heavy atom. The van der Waals surface area contributed by atoms with Crippen molar-refractivity contribution in [2.24, 2.45) is 17.8 Å². The first-order chi connectivity index (χ1) is 16.8. The zero-order chi connectivity index (χ0) is 24.9. The molecule has 2 aromatic carbocycles. The molecule has 2 aromatic rings. The number of benzene rings is 2. The highest BCUT2D eigenvalue weighted by atomic mass is 16.5. The highest BCUT2D eigenvalue weighted by molar-refractivity contribution is 5.83. The smallest absolute Gasteiger partial charge is 0.407 e. The van der Waals surface area contributed by atoms with Crippen LogP contribution in [0, 0.1) is 17.8 Å². The Kier molecular flexibility index (Phi) is 7.73. The van der Waals surface area contributed by atoms with Gasteiger partial charge in [0, 0.05) is 18.9 Å². The molecule has 2 amide bonds. The lowest BCUT2D eigenvalue weighted by Crippen LogP contribution is -2.43. The van der Waals surface area contributed by atoms with Crippen LogP contribution in [0.5, 0.6) is 0 Å². The van der Waals surface area contributed by atoms with E-state index in [1.54, 1.807) is 0 Å². The van der Waals surface area contributed by atoms with Crippen LogP contribution in [0.4, 0.5) is 4.79 Å². The first-order valence-corrected chi connectivity index (χ1v) is 12.4. The maximum Gasteiger partial charge on any atom is 0.407 e. The SMILES string of the molecule is CC(C)C(CNC(=O)OCC1c2ccccc2-c2ccccc21)CC(=O)NC(CC1CC1)C(=O)O. The molecular formula is C28H34N2O5. The van der Waals surface area contributed by atoms with Crippen LogP contribution >= 0.6 is 0 Å². The highest BCUT2D eigenvalue weighted by Crippen LogP contribution is 2.44. The zero-order valence-electron chi connectivity index (χ0n) is 20.3. The third-order valence-electron chi connectivity index (χ3n) is 7.14. The molecule has 0 aliphatic heterocycles. The van der Waals surface area contributed by atoms with Gasteiger partial charge in [-0.3, -0.25) is 4.79 Å². The van der Waals surface area contributed by atoms with Crippen molar-refractivity contribution in [3.63, 3.8) is 0 Å². The second kappa shape index (κ2) is 10.9. The number of ether oxygens (including phenoxy) is 1. The van der Waals surface area contributed by atoms with Gasteiger partial charge in [0.15, 0.2) is 0 Å². The monoisotopic (exact) mass is 478 g/mol. The van der Waals surface area contributed by atoms with Crippen molar-refractivity contribution >= 4 is 18.0 Å². The predicted molar refractivity (Wildman–Crippen MR) is 133 cm³/mol. The molecule has 0 bridgehead atoms. The number of alkyl carbamates (subject to hydrolysis) is 1. The molecule has 0 spiro atoms. The molecule has 2 atom stereocenters. The van der Waals surface area contributed by atoms with E-state index in [1.165, 1.54) is 11.1 Å². The summed E-state index contributed by atoms with van der Waals surface area (Å²) in [4.78, 5) is 36.5. The summed E-state index contributed by atoms with van der Waals surface area (Å²) in [6, 6.07) is 15.5. The van der Waals surface area contributed by atoms with Crippen molar-refractivity contribution in [3.05, 3.63) is 59.7 Å². The summed E-state index contributed by atoms with van der Waals surface area (Å²) in [6.07, 6.45) is 2.16. The molecule has 2 aliphatic rings. The minimum atomic E-state index is -0.997. The number of hydrogen-bond donors (Lipinski definition) is 3. The van der Waals surface area contributed by atoms with Crippen LogP contribution in [-0.4, -0.2) is 42.3 Å². The molecule has 186 valence electrons. The molecule has 35 heavy (non-hydrogen) atoms. The van der Waals surface area contributed by atoms with E-state index >= 15 is 0 Å². The number of aliphatic carboxylic acids is 1. The number of hydrogen-bond acceptors (Lipinski definition) is 4. The molecule has 7 heteroatoms. The fraction of sp³-hybridized carbons (Fsp3) is 0.464. The van der Waals surface area contributed by atoms with Crippen LogP contribution in [0.15, 0.2) is 48.5 Å².